The number of pyridine rings is 1. The molecule has 45 nitrogen and oxygen atoms in total. The molecule has 0 radical (unpaired) electrons. The molecule has 15 amide bonds. The van der Waals surface area contributed by atoms with E-state index in [1.807, 2.05) is 0 Å². The molecule has 26 N–H and O–H groups in total. The highest BCUT2D eigenvalue weighted by Crippen LogP contribution is 2.19. The first-order chi connectivity index (χ1) is 62.8. The van der Waals surface area contributed by atoms with Crippen LogP contribution < -0.4 is 91.0 Å². The number of phenols is 2. The number of thioether (sulfide) groups is 1. The van der Waals surface area contributed by atoms with Gasteiger partial charge < -0.3 is 136 Å². The van der Waals surface area contributed by atoms with Crippen LogP contribution in [-0.2, 0) is 112 Å². The third-order valence-corrected chi connectivity index (χ3v) is 21.6. The first kappa shape index (κ1) is 112. The Morgan fingerprint density at radius 3 is 1.31 bits per heavy atom. The number of aliphatic hydroxyl groups is 4. The fraction of sp³-hybridized carbons (Fsp3) is 0.529. The average molecular weight is 1890 g/mol. The second-order valence-corrected chi connectivity index (χ2v) is 33.5. The predicted octanol–water partition coefficient (Wildman–Crippen LogP) is -5.33. The van der Waals surface area contributed by atoms with Crippen molar-refractivity contribution in [3.63, 3.8) is 0 Å². The molecule has 732 valence electrons. The summed E-state index contributed by atoms with van der Waals surface area (Å²) in [6, 6.07) is -1.04. The van der Waals surface area contributed by atoms with Gasteiger partial charge in [-0.05, 0) is 131 Å². The van der Waals surface area contributed by atoms with Gasteiger partial charge in [0.2, 0.25) is 88.6 Å². The lowest BCUT2D eigenvalue weighted by molar-refractivity contribution is -0.142. The minimum Gasteiger partial charge on any atom is -0.508 e. The van der Waals surface area contributed by atoms with E-state index in [2.05, 4.69) is 79.8 Å². The van der Waals surface area contributed by atoms with Gasteiger partial charge in [0.15, 0.2) is 0 Å². The van der Waals surface area contributed by atoms with Crippen molar-refractivity contribution >= 4 is 118 Å². The number of nitrogens with zero attached hydrogens (tertiary/aromatic N) is 1. The summed E-state index contributed by atoms with van der Waals surface area (Å²) >= 11 is 0.845. The second-order valence-electron chi connectivity index (χ2n) is 32.5. The summed E-state index contributed by atoms with van der Waals surface area (Å²) in [6.45, 7) is 11.0. The lowest BCUT2D eigenvalue weighted by atomic mass is 9.96. The van der Waals surface area contributed by atoms with E-state index in [9.17, 15) is 137 Å². The molecule has 0 spiro atoms. The van der Waals surface area contributed by atoms with Crippen LogP contribution in [0.3, 0.4) is 0 Å². The Morgan fingerprint density at radius 1 is 0.421 bits per heavy atom. The van der Waals surface area contributed by atoms with Crippen LogP contribution >= 0.6 is 11.8 Å². The van der Waals surface area contributed by atoms with Gasteiger partial charge in [-0.3, -0.25) is 91.1 Å². The number of carboxylic acid groups (broad SMARTS) is 3. The molecule has 0 aliphatic carbocycles. The summed E-state index contributed by atoms with van der Waals surface area (Å²) in [4.78, 5) is 258. The molecular formula is C87H125N17O28S. The van der Waals surface area contributed by atoms with E-state index in [0.29, 0.717) is 42.6 Å². The van der Waals surface area contributed by atoms with Gasteiger partial charge in [-0.2, -0.15) is 0 Å². The molecule has 0 unspecified atom stereocenters. The number of aliphatic carboxylic acids is 3. The molecule has 0 aliphatic rings. The van der Waals surface area contributed by atoms with Gasteiger partial charge in [-0.25, -0.2) is 0 Å². The Bertz CT molecular complexity index is 4700. The lowest BCUT2D eigenvalue weighted by Gasteiger charge is -2.30. The third kappa shape index (κ3) is 40.6. The van der Waals surface area contributed by atoms with E-state index < -0.39 is 261 Å². The number of unbranched alkanes of at least 4 members (excludes halogenated alkanes) is 1. The Balaban J connectivity index is 1.52. The van der Waals surface area contributed by atoms with Crippen LogP contribution in [0.4, 0.5) is 0 Å². The van der Waals surface area contributed by atoms with Crippen molar-refractivity contribution in [3.05, 3.63) is 129 Å². The van der Waals surface area contributed by atoms with Crippen LogP contribution in [-0.4, -0.2) is 292 Å². The zero-order valence-corrected chi connectivity index (χ0v) is 76.1. The number of rotatable bonds is 59. The van der Waals surface area contributed by atoms with Crippen molar-refractivity contribution < 1.29 is 132 Å². The van der Waals surface area contributed by atoms with Gasteiger partial charge in [0.25, 0.3) is 5.56 Å². The summed E-state index contributed by atoms with van der Waals surface area (Å²) in [5, 5.41) is 128. The fourth-order valence-corrected chi connectivity index (χ4v) is 14.0. The largest absolute Gasteiger partial charge is 0.508 e. The molecular weight excluding hydrogens is 1760 g/mol. The molecule has 133 heavy (non-hydrogen) atoms. The number of aromatic nitrogens is 1. The molecule has 0 saturated carbocycles. The van der Waals surface area contributed by atoms with Crippen LogP contribution in [0.5, 0.6) is 11.5 Å². The molecule has 0 saturated heterocycles. The maximum absolute atomic E-state index is 14.7. The number of carbonyl (C=O) groups excluding carboxylic acids is 15. The number of aryl methyl sites for hydroxylation is 2. The smallest absolute Gasteiger partial charge is 0.305 e. The number of carbonyl (C=O) groups is 18. The van der Waals surface area contributed by atoms with Gasteiger partial charge in [0, 0.05) is 56.6 Å². The second kappa shape index (κ2) is 57.2. The SMILES string of the molecule is CC[C@H](C)[C@H](NC(=O)[C@H](CO)NC(=O)[C@H](Cc1ccc(O)cc1)NC(=O)[C@H](CC(=O)O)NC(=O)[C@H](CO)NC(=O)[C@@H](NC(=O)[C@H](Cc1ccccc1)NC(=O)[C@@H](NC(=O)CNC(=O)[C@H](CCC(=O)O)NC(=O)CSCC(=O)NCCn1c(C)cc(C)cc1=O)[C@@H](C)O)[C@@H](C)O)C(=O)N[C@@H](Cc1ccc(O)cc1)C(=O)N[C@@H](CC(C)C)C(=O)N[C@@H](CC(=O)O)C(=O)N[C@H](C)CCCCN. The molecule has 4 aromatic rings. The molecule has 4 rings (SSSR count). The highest BCUT2D eigenvalue weighted by Gasteiger charge is 2.40. The van der Waals surface area contributed by atoms with Crippen LogP contribution in [0.15, 0.2) is 95.8 Å². The monoisotopic (exact) mass is 1890 g/mol. The maximum Gasteiger partial charge on any atom is 0.305 e. The molecule has 3 aromatic carbocycles. The summed E-state index contributed by atoms with van der Waals surface area (Å²) in [6.07, 6.45) is -6.38. The lowest BCUT2D eigenvalue weighted by Crippen LogP contribution is -2.63. The van der Waals surface area contributed by atoms with Crippen molar-refractivity contribution in [3.8, 4) is 11.5 Å². The van der Waals surface area contributed by atoms with Crippen LogP contribution in [0.25, 0.3) is 0 Å². The number of hydrogen-bond acceptors (Lipinski definition) is 27. The zero-order valence-electron chi connectivity index (χ0n) is 75.3. The van der Waals surface area contributed by atoms with Crippen molar-refractivity contribution in [2.75, 3.05) is 44.4 Å². The number of hydrogen-bond donors (Lipinski definition) is 25. The van der Waals surface area contributed by atoms with Crippen LogP contribution in [0.1, 0.15) is 134 Å². The number of carboxylic acids is 3. The molecule has 1 heterocycles. The molecule has 1 aromatic heterocycles. The molecule has 0 aliphatic heterocycles. The Morgan fingerprint density at radius 2 is 0.835 bits per heavy atom. The standard InChI is InChI=1S/C87H125N17O28S/c1-10-47(5)73(85(130)97-60(37-54-21-25-56(110)26-22-54)79(124)93-58(32-45(2)3)78(123)95-62(38-71(117)118)77(122)91-48(6)16-14-15-29-88)102-84(129)65(42-106)99-80(125)59(36-53-19-23-55(109)24-20-53)94-81(126)63(39-72(119)120)96-83(128)64(41-105)100-87(132)75(51(9)108)103-82(127)61(35-52-17-12-11-13-18-52)98-86(131)74(50(8)107)101-66(111)40-90-76(121)57(27-28-70(115)116)92-68(113)44-133-43-67(112)89-30-31-104-49(7)33-46(4)34-69(104)114/h11-13,17-26,33-34,45,47-48,50-51,57-65,73-75,105-110H,10,14-16,27-32,35-44,88H2,1-9H3,(H,89,112)(H,90,121)(H,91,122)(H,92,113)(H,93,124)(H,94,126)(H,95,123)(H,96,128)(H,97,130)(H,98,131)(H,99,125)(H,100,132)(H,101,111)(H,102,129)(H,103,127)(H,115,116)(H,117,118)(H,119,120)/t47-,48+,50+,51+,57-,58-,59-,60-,61-,62-,63-,64-,65-,73-,74-,75-/m0/s1. The fourth-order valence-electron chi connectivity index (χ4n) is 13.3. The normalized spacial score (nSPS) is 14.7. The molecule has 46 heteroatoms. The Kier molecular flexibility index (Phi) is 48.2. The van der Waals surface area contributed by atoms with E-state index in [-0.39, 0.29) is 72.4 Å². The number of phenolic OH excluding ortho intramolecular Hbond substituents is 2. The van der Waals surface area contributed by atoms with E-state index in [1.54, 1.807) is 65.8 Å². The van der Waals surface area contributed by atoms with E-state index in [1.165, 1.54) is 78.2 Å². The van der Waals surface area contributed by atoms with Crippen LogP contribution in [0, 0.1) is 25.7 Å². The van der Waals surface area contributed by atoms with E-state index >= 15 is 0 Å². The average Bonchev–Trinajstić information content (AvgIpc) is 0.865. The topological polar surface area (TPSA) is 718 Å². The van der Waals surface area contributed by atoms with Gasteiger partial charge in [-0.1, -0.05) is 95.1 Å². The third-order valence-electron chi connectivity index (χ3n) is 20.7. The van der Waals surface area contributed by atoms with Crippen molar-refractivity contribution in [2.45, 2.75) is 237 Å². The van der Waals surface area contributed by atoms with Crippen LogP contribution in [0.2, 0.25) is 0 Å². The van der Waals surface area contributed by atoms with Gasteiger partial charge in [0.1, 0.15) is 84.0 Å². The molecule has 0 fully saturated rings. The summed E-state index contributed by atoms with van der Waals surface area (Å²) in [7, 11) is 0. The van der Waals surface area contributed by atoms with Crippen molar-refractivity contribution in [2.24, 2.45) is 17.6 Å². The van der Waals surface area contributed by atoms with E-state index in [4.69, 9.17) is 5.73 Å². The van der Waals surface area contributed by atoms with Crippen molar-refractivity contribution in [1.82, 2.24) is 84.3 Å². The zero-order chi connectivity index (χ0) is 99.5. The maximum atomic E-state index is 14.7. The Labute approximate surface area is 770 Å². The van der Waals surface area contributed by atoms with E-state index in [0.717, 1.165) is 31.2 Å². The minimum atomic E-state index is -2.23. The summed E-state index contributed by atoms with van der Waals surface area (Å²) in [5.41, 5.74) is 7.69. The highest BCUT2D eigenvalue weighted by atomic mass is 32.2. The first-order valence-electron chi connectivity index (χ1n) is 43.0. The van der Waals surface area contributed by atoms with Gasteiger partial charge in [0.05, 0.1) is 56.3 Å². The quantitative estimate of drug-likeness (QED) is 0.0184. The highest BCUT2D eigenvalue weighted by molar-refractivity contribution is 8.00. The molecule has 0 bridgehead atoms. The number of aromatic hydroxyl groups is 2. The summed E-state index contributed by atoms with van der Waals surface area (Å²) in [5.74, 6) is -23.5. The van der Waals surface area contributed by atoms with Gasteiger partial charge in [-0.15, -0.1) is 11.8 Å². The minimum absolute atomic E-state index is 0.0794. The first-order valence-corrected chi connectivity index (χ1v) is 44.2. The van der Waals surface area contributed by atoms with Gasteiger partial charge >= 0.3 is 17.9 Å². The molecule has 16 atom stereocenters. The summed E-state index contributed by atoms with van der Waals surface area (Å²) < 4.78 is 1.47. The number of amides is 15. The predicted molar refractivity (Wildman–Crippen MR) is 479 cm³/mol. The number of aliphatic hydroxyl groups excluding tert-OH is 4. The number of nitrogens with one attached hydrogen (secondary N) is 15. The number of nitrogens with two attached hydrogens (primary N) is 1. The Hall–Kier alpha value is -13.2. The van der Waals surface area contributed by atoms with Crippen molar-refractivity contribution in [1.29, 1.82) is 0 Å². The number of benzene rings is 3.